The molecule has 126 valence electrons. The fraction of sp³-hybridized carbons (Fsp3) is 0.375. The quantitative estimate of drug-likeness (QED) is 0.375. The van der Waals surface area contributed by atoms with Crippen molar-refractivity contribution in [2.45, 2.75) is 32.9 Å². The summed E-state index contributed by atoms with van der Waals surface area (Å²) in [6.45, 7) is 4.70. The van der Waals surface area contributed by atoms with Crippen LogP contribution in [0.1, 0.15) is 36.9 Å². The molecule has 2 aromatic rings. The molecule has 0 saturated carbocycles. The molecule has 0 aliphatic rings. The van der Waals surface area contributed by atoms with Gasteiger partial charge in [0.15, 0.2) is 11.7 Å². The van der Waals surface area contributed by atoms with Crippen molar-refractivity contribution in [1.82, 2.24) is 15.8 Å². The van der Waals surface area contributed by atoms with Crippen LogP contribution >= 0.6 is 39.9 Å². The van der Waals surface area contributed by atoms with Gasteiger partial charge in [-0.3, -0.25) is 4.99 Å². The van der Waals surface area contributed by atoms with Crippen LogP contribution in [0.5, 0.6) is 0 Å². The molecular formula is C16H22BrIN4O. The van der Waals surface area contributed by atoms with Crippen LogP contribution in [0, 0.1) is 0 Å². The number of aryl methyl sites for hydroxylation is 1. The molecule has 1 atom stereocenters. The van der Waals surface area contributed by atoms with E-state index >= 15 is 0 Å². The van der Waals surface area contributed by atoms with Crippen LogP contribution in [0.25, 0.3) is 0 Å². The Hall–Kier alpha value is -1.09. The summed E-state index contributed by atoms with van der Waals surface area (Å²) in [6, 6.07) is 10.2. The van der Waals surface area contributed by atoms with E-state index in [1.807, 2.05) is 24.3 Å². The van der Waals surface area contributed by atoms with Crippen LogP contribution in [-0.2, 0) is 13.0 Å². The second-order valence-corrected chi connectivity index (χ2v) is 5.81. The van der Waals surface area contributed by atoms with Crippen LogP contribution in [0.3, 0.4) is 0 Å². The Morgan fingerprint density at radius 2 is 2.13 bits per heavy atom. The van der Waals surface area contributed by atoms with Gasteiger partial charge in [0.2, 0.25) is 0 Å². The van der Waals surface area contributed by atoms with E-state index in [0.717, 1.165) is 28.3 Å². The van der Waals surface area contributed by atoms with Crippen molar-refractivity contribution < 1.29 is 4.52 Å². The van der Waals surface area contributed by atoms with E-state index in [1.54, 1.807) is 7.05 Å². The van der Waals surface area contributed by atoms with Crippen molar-refractivity contribution >= 4 is 45.9 Å². The second-order valence-electron chi connectivity index (χ2n) is 4.95. The SMILES string of the molecule is CCc1cc(CNC(=NC)NC(C)c2ccccc2Br)on1.I. The van der Waals surface area contributed by atoms with E-state index in [-0.39, 0.29) is 30.0 Å². The molecule has 0 aliphatic carbocycles. The van der Waals surface area contributed by atoms with E-state index in [1.165, 1.54) is 5.56 Å². The van der Waals surface area contributed by atoms with Gasteiger partial charge < -0.3 is 15.2 Å². The number of hydrogen-bond acceptors (Lipinski definition) is 3. The van der Waals surface area contributed by atoms with Crippen LogP contribution in [0.4, 0.5) is 0 Å². The normalized spacial score (nSPS) is 12.4. The minimum Gasteiger partial charge on any atom is -0.359 e. The van der Waals surface area contributed by atoms with Gasteiger partial charge in [0.05, 0.1) is 18.3 Å². The maximum atomic E-state index is 5.26. The first-order chi connectivity index (χ1) is 10.6. The Morgan fingerprint density at radius 3 is 2.74 bits per heavy atom. The van der Waals surface area contributed by atoms with Crippen LogP contribution in [0.15, 0.2) is 44.3 Å². The molecule has 0 aliphatic heterocycles. The summed E-state index contributed by atoms with van der Waals surface area (Å²) in [5.74, 6) is 1.52. The number of hydrogen-bond donors (Lipinski definition) is 2. The molecule has 1 aromatic heterocycles. The summed E-state index contributed by atoms with van der Waals surface area (Å²) < 4.78 is 6.33. The molecule has 0 amide bonds. The number of benzene rings is 1. The van der Waals surface area contributed by atoms with Gasteiger partial charge in [0, 0.05) is 17.6 Å². The minimum absolute atomic E-state index is 0. The van der Waals surface area contributed by atoms with Crippen molar-refractivity contribution in [2.75, 3.05) is 7.05 Å². The molecule has 7 heteroatoms. The first-order valence-electron chi connectivity index (χ1n) is 7.30. The Bertz CT molecular complexity index is 645. The molecule has 2 N–H and O–H groups in total. The number of guanidine groups is 1. The molecule has 0 radical (unpaired) electrons. The zero-order valence-corrected chi connectivity index (χ0v) is 17.4. The van der Waals surface area contributed by atoms with Gasteiger partial charge in [-0.25, -0.2) is 0 Å². The number of nitrogens with one attached hydrogen (secondary N) is 2. The lowest BCUT2D eigenvalue weighted by Crippen LogP contribution is -2.38. The van der Waals surface area contributed by atoms with Crippen molar-refractivity contribution in [2.24, 2.45) is 4.99 Å². The molecule has 0 bridgehead atoms. The maximum Gasteiger partial charge on any atom is 0.191 e. The first-order valence-corrected chi connectivity index (χ1v) is 8.09. The third-order valence-corrected chi connectivity index (χ3v) is 4.07. The molecule has 5 nitrogen and oxygen atoms in total. The number of aliphatic imine (C=N–C) groups is 1. The zero-order chi connectivity index (χ0) is 15.9. The predicted octanol–water partition coefficient (Wildman–Crippen LogP) is 4.04. The highest BCUT2D eigenvalue weighted by Crippen LogP contribution is 2.22. The summed E-state index contributed by atoms with van der Waals surface area (Å²) in [5.41, 5.74) is 2.14. The van der Waals surface area contributed by atoms with Gasteiger partial charge in [-0.1, -0.05) is 46.2 Å². The highest BCUT2D eigenvalue weighted by molar-refractivity contribution is 14.0. The molecular weight excluding hydrogens is 471 g/mol. The molecule has 0 saturated heterocycles. The number of aromatic nitrogens is 1. The van der Waals surface area contributed by atoms with Crippen LogP contribution in [-0.4, -0.2) is 18.2 Å². The Morgan fingerprint density at radius 1 is 1.39 bits per heavy atom. The highest BCUT2D eigenvalue weighted by Gasteiger charge is 2.11. The van der Waals surface area contributed by atoms with Gasteiger partial charge in [-0.15, -0.1) is 24.0 Å². The van der Waals surface area contributed by atoms with Crippen molar-refractivity contribution in [3.63, 3.8) is 0 Å². The van der Waals surface area contributed by atoms with Crippen LogP contribution in [0.2, 0.25) is 0 Å². The molecule has 1 aromatic carbocycles. The van der Waals surface area contributed by atoms with Crippen molar-refractivity contribution in [1.29, 1.82) is 0 Å². The predicted molar refractivity (Wildman–Crippen MR) is 107 cm³/mol. The standard InChI is InChI=1S/C16H21BrN4O.HI/c1-4-12-9-13(22-21-12)10-19-16(18-3)20-11(2)14-7-5-6-8-15(14)17;/h5-9,11H,4,10H2,1-3H3,(H2,18,19,20);1H. The molecule has 1 unspecified atom stereocenters. The maximum absolute atomic E-state index is 5.26. The van der Waals surface area contributed by atoms with E-state index < -0.39 is 0 Å². The third kappa shape index (κ3) is 5.80. The summed E-state index contributed by atoms with van der Waals surface area (Å²) in [5, 5.41) is 10.6. The first kappa shape index (κ1) is 20.0. The van der Waals surface area contributed by atoms with E-state index in [9.17, 15) is 0 Å². The topological polar surface area (TPSA) is 62.5 Å². The lowest BCUT2D eigenvalue weighted by Gasteiger charge is -2.18. The molecule has 2 rings (SSSR count). The molecule has 0 fully saturated rings. The Labute approximate surface area is 162 Å². The van der Waals surface area contributed by atoms with Gasteiger partial charge in [0.25, 0.3) is 0 Å². The summed E-state index contributed by atoms with van der Waals surface area (Å²) in [6.07, 6.45) is 0.871. The van der Waals surface area contributed by atoms with E-state index in [0.29, 0.717) is 6.54 Å². The van der Waals surface area contributed by atoms with Crippen molar-refractivity contribution in [3.05, 3.63) is 51.8 Å². The summed E-state index contributed by atoms with van der Waals surface area (Å²) in [7, 11) is 1.75. The van der Waals surface area contributed by atoms with Gasteiger partial charge in [0.1, 0.15) is 0 Å². The smallest absolute Gasteiger partial charge is 0.191 e. The fourth-order valence-electron chi connectivity index (χ4n) is 2.08. The van der Waals surface area contributed by atoms with E-state index in [2.05, 4.69) is 56.6 Å². The average molecular weight is 493 g/mol. The van der Waals surface area contributed by atoms with Gasteiger partial charge in [-0.05, 0) is 25.0 Å². The number of rotatable bonds is 5. The fourth-order valence-corrected chi connectivity index (χ4v) is 2.71. The Kier molecular flexibility index (Phi) is 8.60. The largest absolute Gasteiger partial charge is 0.359 e. The third-order valence-electron chi connectivity index (χ3n) is 3.35. The molecule has 0 spiro atoms. The summed E-state index contributed by atoms with van der Waals surface area (Å²) >= 11 is 3.57. The van der Waals surface area contributed by atoms with Gasteiger partial charge >= 0.3 is 0 Å². The monoisotopic (exact) mass is 492 g/mol. The summed E-state index contributed by atoms with van der Waals surface area (Å²) in [4.78, 5) is 4.24. The van der Waals surface area contributed by atoms with Crippen molar-refractivity contribution in [3.8, 4) is 0 Å². The molecule has 23 heavy (non-hydrogen) atoms. The number of halogens is 2. The lowest BCUT2D eigenvalue weighted by atomic mass is 10.1. The number of nitrogens with zero attached hydrogens (tertiary/aromatic N) is 2. The average Bonchev–Trinajstić information content (AvgIpc) is 2.99. The minimum atomic E-state index is 0. The van der Waals surface area contributed by atoms with Crippen LogP contribution < -0.4 is 10.6 Å². The Balaban J connectivity index is 0.00000264. The second kappa shape index (κ2) is 9.92. The highest BCUT2D eigenvalue weighted by atomic mass is 127. The lowest BCUT2D eigenvalue weighted by molar-refractivity contribution is 0.374. The van der Waals surface area contributed by atoms with E-state index in [4.69, 9.17) is 4.52 Å². The molecule has 1 heterocycles. The zero-order valence-electron chi connectivity index (χ0n) is 13.5. The van der Waals surface area contributed by atoms with Gasteiger partial charge in [-0.2, -0.15) is 0 Å².